The lowest BCUT2D eigenvalue weighted by atomic mass is 10.2. The van der Waals surface area contributed by atoms with Crippen LogP contribution in [0.1, 0.15) is 31.2 Å². The van der Waals surface area contributed by atoms with Crippen LogP contribution >= 0.6 is 15.9 Å². The first-order valence-corrected chi connectivity index (χ1v) is 7.79. The lowest BCUT2D eigenvalue weighted by Crippen LogP contribution is -2.31. The third kappa shape index (κ3) is 5.22. The molecule has 1 saturated carbocycles. The van der Waals surface area contributed by atoms with Gasteiger partial charge < -0.3 is 15.2 Å². The maximum atomic E-state index is 9.86. The first-order chi connectivity index (χ1) is 9.25. The second-order valence-corrected chi connectivity index (χ2v) is 5.97. The van der Waals surface area contributed by atoms with Crippen molar-refractivity contribution >= 4 is 15.9 Å². The van der Waals surface area contributed by atoms with Gasteiger partial charge in [-0.05, 0) is 24.5 Å². The Morgan fingerprint density at radius 3 is 2.79 bits per heavy atom. The van der Waals surface area contributed by atoms with Crippen molar-refractivity contribution in [2.45, 2.75) is 44.4 Å². The Bertz CT molecular complexity index is 380. The summed E-state index contributed by atoms with van der Waals surface area (Å²) in [6, 6.07) is 8.11. The van der Waals surface area contributed by atoms with Crippen molar-refractivity contribution in [3.05, 3.63) is 34.3 Å². The van der Waals surface area contributed by atoms with Gasteiger partial charge in [-0.15, -0.1) is 0 Å². The highest BCUT2D eigenvalue weighted by Crippen LogP contribution is 2.20. The molecule has 0 heterocycles. The highest BCUT2D eigenvalue weighted by Gasteiger charge is 2.16. The highest BCUT2D eigenvalue weighted by atomic mass is 79.9. The largest absolute Gasteiger partial charge is 0.389 e. The maximum Gasteiger partial charge on any atom is 0.0897 e. The van der Waals surface area contributed by atoms with Crippen molar-refractivity contribution in [1.29, 1.82) is 0 Å². The third-order valence-corrected chi connectivity index (χ3v) is 4.25. The molecular weight excluding hydrogens is 306 g/mol. The van der Waals surface area contributed by atoms with Gasteiger partial charge in [-0.25, -0.2) is 0 Å². The normalized spacial score (nSPS) is 17.8. The van der Waals surface area contributed by atoms with Crippen LogP contribution in [0.4, 0.5) is 0 Å². The van der Waals surface area contributed by atoms with E-state index in [0.29, 0.717) is 19.3 Å². The van der Waals surface area contributed by atoms with Gasteiger partial charge in [0.15, 0.2) is 0 Å². The van der Waals surface area contributed by atoms with Crippen LogP contribution in [-0.2, 0) is 11.3 Å². The molecule has 1 aromatic carbocycles. The molecule has 1 aliphatic rings. The zero-order chi connectivity index (χ0) is 13.5. The van der Waals surface area contributed by atoms with Crippen molar-refractivity contribution in [2.24, 2.45) is 0 Å². The van der Waals surface area contributed by atoms with Crippen molar-refractivity contribution < 1.29 is 9.84 Å². The number of ether oxygens (including phenoxy) is 1. The lowest BCUT2D eigenvalue weighted by molar-refractivity contribution is -0.00550. The number of rotatable bonds is 7. The number of halogens is 1. The fraction of sp³-hybridized carbons (Fsp3) is 0.600. The molecule has 3 nitrogen and oxygen atoms in total. The second kappa shape index (κ2) is 8.00. The van der Waals surface area contributed by atoms with E-state index in [1.54, 1.807) is 0 Å². The van der Waals surface area contributed by atoms with Crippen molar-refractivity contribution in [1.82, 2.24) is 5.32 Å². The Morgan fingerprint density at radius 2 is 2.05 bits per heavy atom. The number of benzene rings is 1. The van der Waals surface area contributed by atoms with Crippen LogP contribution in [-0.4, -0.2) is 30.5 Å². The van der Waals surface area contributed by atoms with Gasteiger partial charge in [0.1, 0.15) is 0 Å². The molecule has 2 rings (SSSR count). The minimum absolute atomic E-state index is 0.373. The first-order valence-electron chi connectivity index (χ1n) is 6.99. The van der Waals surface area contributed by atoms with Gasteiger partial charge >= 0.3 is 0 Å². The molecule has 0 amide bonds. The van der Waals surface area contributed by atoms with E-state index in [-0.39, 0.29) is 0 Å². The summed E-state index contributed by atoms with van der Waals surface area (Å²) in [4.78, 5) is 0. The zero-order valence-corrected chi connectivity index (χ0v) is 12.7. The predicted octanol–water partition coefficient (Wildman–Crippen LogP) is 2.86. The molecule has 1 unspecified atom stereocenters. The number of aliphatic hydroxyl groups excluding tert-OH is 1. The van der Waals surface area contributed by atoms with E-state index in [2.05, 4.69) is 27.3 Å². The van der Waals surface area contributed by atoms with E-state index in [4.69, 9.17) is 4.74 Å². The Balaban J connectivity index is 1.61. The number of hydrogen-bond donors (Lipinski definition) is 2. The van der Waals surface area contributed by atoms with Crippen molar-refractivity contribution in [3.8, 4) is 0 Å². The van der Waals surface area contributed by atoms with Crippen LogP contribution < -0.4 is 5.32 Å². The van der Waals surface area contributed by atoms with Crippen LogP contribution in [0.2, 0.25) is 0 Å². The topological polar surface area (TPSA) is 41.5 Å². The van der Waals surface area contributed by atoms with E-state index < -0.39 is 6.10 Å². The van der Waals surface area contributed by atoms with Gasteiger partial charge in [-0.2, -0.15) is 0 Å². The molecule has 0 aromatic heterocycles. The lowest BCUT2D eigenvalue weighted by Gasteiger charge is -2.16. The van der Waals surface area contributed by atoms with E-state index >= 15 is 0 Å². The van der Waals surface area contributed by atoms with Gasteiger partial charge in [0.2, 0.25) is 0 Å². The Kier molecular flexibility index (Phi) is 6.31. The van der Waals surface area contributed by atoms with Gasteiger partial charge in [0.25, 0.3) is 0 Å². The minimum atomic E-state index is -0.428. The van der Waals surface area contributed by atoms with Gasteiger partial charge in [0.05, 0.1) is 18.8 Å². The second-order valence-electron chi connectivity index (χ2n) is 5.12. The number of hydrogen-bond acceptors (Lipinski definition) is 3. The molecule has 0 aliphatic heterocycles. The molecule has 0 saturated heterocycles. The summed E-state index contributed by atoms with van der Waals surface area (Å²) in [5.74, 6) is 0. The van der Waals surface area contributed by atoms with Gasteiger partial charge in [0, 0.05) is 17.6 Å². The number of aliphatic hydroxyl groups is 1. The summed E-state index contributed by atoms with van der Waals surface area (Å²) < 4.78 is 6.79. The van der Waals surface area contributed by atoms with E-state index in [1.807, 2.05) is 18.2 Å². The predicted molar refractivity (Wildman–Crippen MR) is 80.1 cm³/mol. The highest BCUT2D eigenvalue weighted by molar-refractivity contribution is 9.10. The van der Waals surface area contributed by atoms with E-state index in [1.165, 1.54) is 18.4 Å². The summed E-state index contributed by atoms with van der Waals surface area (Å²) in [6.07, 6.45) is 4.78. The van der Waals surface area contributed by atoms with Crippen molar-refractivity contribution in [3.63, 3.8) is 0 Å². The average molecular weight is 328 g/mol. The van der Waals surface area contributed by atoms with Gasteiger partial charge in [-0.1, -0.05) is 47.0 Å². The molecule has 19 heavy (non-hydrogen) atoms. The smallest absolute Gasteiger partial charge is 0.0897 e. The molecule has 1 fully saturated rings. The maximum absolute atomic E-state index is 9.86. The van der Waals surface area contributed by atoms with E-state index in [9.17, 15) is 5.11 Å². The molecule has 1 aromatic rings. The quantitative estimate of drug-likeness (QED) is 0.809. The molecule has 0 spiro atoms. The van der Waals surface area contributed by atoms with E-state index in [0.717, 1.165) is 23.9 Å². The molecule has 0 radical (unpaired) electrons. The fourth-order valence-electron chi connectivity index (χ4n) is 2.38. The summed E-state index contributed by atoms with van der Waals surface area (Å²) >= 11 is 3.51. The summed E-state index contributed by atoms with van der Waals surface area (Å²) in [6.45, 7) is 1.75. The van der Waals surface area contributed by atoms with Crippen LogP contribution in [0.3, 0.4) is 0 Å². The SMILES string of the molecule is OC(CNCc1ccccc1Br)COC1CCCC1. The van der Waals surface area contributed by atoms with Crippen LogP contribution in [0.5, 0.6) is 0 Å². The standard InChI is InChI=1S/C15H22BrNO2/c16-15-8-4-1-5-12(15)9-17-10-13(18)11-19-14-6-2-3-7-14/h1,4-5,8,13-14,17-18H,2-3,6-7,9-11H2. The molecule has 2 N–H and O–H groups in total. The number of nitrogens with one attached hydrogen (secondary N) is 1. The Hall–Kier alpha value is -0.420. The molecule has 4 heteroatoms. The third-order valence-electron chi connectivity index (χ3n) is 3.48. The van der Waals surface area contributed by atoms with Crippen LogP contribution in [0.25, 0.3) is 0 Å². The van der Waals surface area contributed by atoms with Gasteiger partial charge in [-0.3, -0.25) is 0 Å². The minimum Gasteiger partial charge on any atom is -0.389 e. The average Bonchev–Trinajstić information content (AvgIpc) is 2.92. The Morgan fingerprint density at radius 1 is 1.32 bits per heavy atom. The zero-order valence-electron chi connectivity index (χ0n) is 11.1. The monoisotopic (exact) mass is 327 g/mol. The van der Waals surface area contributed by atoms with Crippen LogP contribution in [0, 0.1) is 0 Å². The first kappa shape index (κ1) is 15.0. The molecule has 1 aliphatic carbocycles. The Labute approximate surface area is 123 Å². The summed E-state index contributed by atoms with van der Waals surface area (Å²) in [5, 5.41) is 13.1. The fourth-order valence-corrected chi connectivity index (χ4v) is 2.80. The summed E-state index contributed by atoms with van der Waals surface area (Å²) in [5.41, 5.74) is 1.20. The molecule has 0 bridgehead atoms. The molecule has 1 atom stereocenters. The summed E-state index contributed by atoms with van der Waals surface area (Å²) in [7, 11) is 0. The van der Waals surface area contributed by atoms with Crippen LogP contribution in [0.15, 0.2) is 28.7 Å². The molecule has 106 valence electrons. The molecular formula is C15H22BrNO2. The van der Waals surface area contributed by atoms with Crippen molar-refractivity contribution in [2.75, 3.05) is 13.2 Å².